The van der Waals surface area contributed by atoms with Gasteiger partial charge in [-0.25, -0.2) is 0 Å². The fourth-order valence-electron chi connectivity index (χ4n) is 4.45. The molecule has 0 spiro atoms. The largest absolute Gasteiger partial charge is 0.490 e. The van der Waals surface area contributed by atoms with Gasteiger partial charge in [-0.3, -0.25) is 9.59 Å². The summed E-state index contributed by atoms with van der Waals surface area (Å²) in [6.45, 7) is 10.7. The molecule has 2 aliphatic rings. The third kappa shape index (κ3) is 5.85. The van der Waals surface area contributed by atoms with Crippen molar-refractivity contribution in [2.24, 2.45) is 11.3 Å². The van der Waals surface area contributed by atoms with Crippen molar-refractivity contribution in [1.29, 1.82) is 0 Å². The highest BCUT2D eigenvalue weighted by Crippen LogP contribution is 2.26. The van der Waals surface area contributed by atoms with Crippen LogP contribution < -0.4 is 15.0 Å². The van der Waals surface area contributed by atoms with E-state index < -0.39 is 0 Å². The van der Waals surface area contributed by atoms with Crippen LogP contribution in [-0.2, 0) is 9.59 Å². The van der Waals surface area contributed by atoms with Crippen molar-refractivity contribution in [2.45, 2.75) is 53.1 Å². The Hall–Kier alpha value is -3.16. The Balaban J connectivity index is 1.24. The summed E-state index contributed by atoms with van der Waals surface area (Å²) >= 11 is 0. The van der Waals surface area contributed by atoms with Crippen molar-refractivity contribution in [1.82, 2.24) is 15.1 Å². The third-order valence-electron chi connectivity index (χ3n) is 6.46. The van der Waals surface area contributed by atoms with Crippen LogP contribution in [0.4, 0.5) is 11.5 Å². The minimum atomic E-state index is -0.348. The molecule has 4 rings (SSSR count). The highest BCUT2D eigenvalue weighted by Gasteiger charge is 2.31. The van der Waals surface area contributed by atoms with Crippen molar-refractivity contribution in [3.05, 3.63) is 42.1 Å². The van der Waals surface area contributed by atoms with Gasteiger partial charge >= 0.3 is 0 Å². The zero-order chi connectivity index (χ0) is 24.3. The van der Waals surface area contributed by atoms with Gasteiger partial charge in [0.2, 0.25) is 11.8 Å². The monoisotopic (exact) mass is 465 g/mol. The number of nitrogens with one attached hydrogen (secondary N) is 1. The number of hydrogen-bond acceptors (Lipinski definition) is 6. The molecule has 0 radical (unpaired) electrons. The van der Waals surface area contributed by atoms with Crippen molar-refractivity contribution in [3.8, 4) is 5.75 Å². The fraction of sp³-hybridized carbons (Fsp3) is 0.538. The van der Waals surface area contributed by atoms with E-state index in [1.54, 1.807) is 0 Å². The van der Waals surface area contributed by atoms with E-state index >= 15 is 0 Å². The second-order valence-electron chi connectivity index (χ2n) is 10.3. The predicted molar refractivity (Wildman–Crippen MR) is 132 cm³/mol. The van der Waals surface area contributed by atoms with Crippen LogP contribution in [0.5, 0.6) is 5.75 Å². The summed E-state index contributed by atoms with van der Waals surface area (Å²) in [7, 11) is 0. The minimum absolute atomic E-state index is 0.0205. The van der Waals surface area contributed by atoms with E-state index in [9.17, 15) is 9.59 Å². The van der Waals surface area contributed by atoms with Crippen LogP contribution in [0.2, 0.25) is 0 Å². The van der Waals surface area contributed by atoms with Crippen LogP contribution in [0.25, 0.3) is 0 Å². The Bertz CT molecular complexity index is 993. The molecule has 8 heteroatoms. The normalized spacial score (nSPS) is 19.2. The zero-order valence-electron chi connectivity index (χ0n) is 20.6. The smallest absolute Gasteiger partial charge is 0.229 e. The van der Waals surface area contributed by atoms with E-state index in [1.807, 2.05) is 69.0 Å². The van der Waals surface area contributed by atoms with E-state index in [1.165, 1.54) is 0 Å². The molecule has 1 aromatic carbocycles. The molecule has 2 saturated heterocycles. The Morgan fingerprint density at radius 2 is 1.68 bits per heavy atom. The minimum Gasteiger partial charge on any atom is -0.490 e. The number of carbonyl (C=O) groups is 2. The zero-order valence-corrected chi connectivity index (χ0v) is 20.6. The number of likely N-dealkylation sites (tertiary alicyclic amines) is 1. The maximum absolute atomic E-state index is 12.8. The van der Waals surface area contributed by atoms with E-state index in [0.29, 0.717) is 6.54 Å². The van der Waals surface area contributed by atoms with Crippen molar-refractivity contribution in [3.63, 3.8) is 0 Å². The van der Waals surface area contributed by atoms with Crippen molar-refractivity contribution in [2.75, 3.05) is 36.4 Å². The first kappa shape index (κ1) is 24.0. The molecule has 0 saturated carbocycles. The van der Waals surface area contributed by atoms with Gasteiger partial charge < -0.3 is 19.9 Å². The average molecular weight is 466 g/mol. The molecule has 3 heterocycles. The number of piperidine rings is 1. The second-order valence-corrected chi connectivity index (χ2v) is 10.3. The Morgan fingerprint density at radius 1 is 0.971 bits per heavy atom. The number of hydrogen-bond donors (Lipinski definition) is 1. The number of nitrogens with zero attached hydrogens (tertiary/aromatic N) is 4. The highest BCUT2D eigenvalue weighted by molar-refractivity contribution is 5.93. The third-order valence-corrected chi connectivity index (χ3v) is 6.46. The lowest BCUT2D eigenvalue weighted by Gasteiger charge is -2.35. The van der Waals surface area contributed by atoms with E-state index in [-0.39, 0.29) is 29.3 Å². The molecule has 2 fully saturated rings. The predicted octanol–water partition coefficient (Wildman–Crippen LogP) is 3.67. The first-order valence-electron chi connectivity index (χ1n) is 12.1. The first-order valence-corrected chi connectivity index (χ1v) is 12.1. The van der Waals surface area contributed by atoms with Gasteiger partial charge in [0, 0.05) is 50.1 Å². The highest BCUT2D eigenvalue weighted by atomic mass is 16.5. The van der Waals surface area contributed by atoms with Crippen LogP contribution in [0.1, 0.15) is 45.7 Å². The van der Waals surface area contributed by atoms with Gasteiger partial charge in [0.05, 0.1) is 11.6 Å². The number of rotatable bonds is 5. The summed E-state index contributed by atoms with van der Waals surface area (Å²) in [6.07, 6.45) is 2.53. The summed E-state index contributed by atoms with van der Waals surface area (Å²) in [5.41, 5.74) is 1.29. The SMILES string of the molecule is Cc1ccc(N2CCC(C(=O)Nc3ccc(OC4CCN(C(=O)C(C)(C)C)CC4)cc3)C2)nn1. The molecular weight excluding hydrogens is 430 g/mol. The van der Waals surface area contributed by atoms with Gasteiger partial charge in [-0.05, 0) is 49.7 Å². The molecule has 1 N–H and O–H groups in total. The summed E-state index contributed by atoms with van der Waals surface area (Å²) in [4.78, 5) is 29.3. The van der Waals surface area contributed by atoms with Crippen molar-refractivity contribution >= 4 is 23.3 Å². The quantitative estimate of drug-likeness (QED) is 0.725. The fourth-order valence-corrected chi connectivity index (χ4v) is 4.45. The molecule has 0 aliphatic carbocycles. The molecule has 2 amide bonds. The molecular formula is C26H35N5O3. The molecule has 1 atom stereocenters. The molecule has 8 nitrogen and oxygen atoms in total. The van der Waals surface area contributed by atoms with E-state index in [4.69, 9.17) is 4.74 Å². The number of aryl methyl sites for hydroxylation is 1. The van der Waals surface area contributed by atoms with Crippen LogP contribution in [0.3, 0.4) is 0 Å². The average Bonchev–Trinajstić information content (AvgIpc) is 3.31. The van der Waals surface area contributed by atoms with Gasteiger partial charge in [-0.1, -0.05) is 20.8 Å². The number of ether oxygens (including phenoxy) is 1. The summed E-state index contributed by atoms with van der Waals surface area (Å²) in [6, 6.07) is 11.4. The summed E-state index contributed by atoms with van der Waals surface area (Å²) < 4.78 is 6.13. The molecule has 182 valence electrons. The van der Waals surface area contributed by atoms with Gasteiger partial charge in [-0.15, -0.1) is 5.10 Å². The Labute approximate surface area is 201 Å². The Kier molecular flexibility index (Phi) is 7.05. The van der Waals surface area contributed by atoms with Gasteiger partial charge in [0.25, 0.3) is 0 Å². The molecule has 0 bridgehead atoms. The summed E-state index contributed by atoms with van der Waals surface area (Å²) in [5.74, 6) is 1.73. The lowest BCUT2D eigenvalue weighted by molar-refractivity contribution is -0.141. The van der Waals surface area contributed by atoms with Crippen molar-refractivity contribution < 1.29 is 14.3 Å². The van der Waals surface area contributed by atoms with E-state index in [2.05, 4.69) is 20.4 Å². The molecule has 2 aliphatic heterocycles. The number of aromatic nitrogens is 2. The maximum atomic E-state index is 12.8. The van der Waals surface area contributed by atoms with Gasteiger partial charge in [0.1, 0.15) is 11.9 Å². The second kappa shape index (κ2) is 9.99. The van der Waals surface area contributed by atoms with Crippen LogP contribution in [-0.4, -0.2) is 59.2 Å². The first-order chi connectivity index (χ1) is 16.2. The standard InChI is InChI=1S/C26H35N5O3/c1-18-5-10-23(29-28-18)31-14-11-19(17-31)24(32)27-20-6-8-21(9-7-20)34-22-12-15-30(16-13-22)25(33)26(2,3)4/h5-10,19,22H,11-17H2,1-4H3,(H,27,32). The number of anilines is 2. The van der Waals surface area contributed by atoms with Crippen LogP contribution in [0, 0.1) is 18.3 Å². The lowest BCUT2D eigenvalue weighted by atomic mass is 9.93. The number of amides is 2. The topological polar surface area (TPSA) is 87.7 Å². The van der Waals surface area contributed by atoms with Crippen LogP contribution >= 0.6 is 0 Å². The molecule has 2 aromatic rings. The molecule has 1 aromatic heterocycles. The molecule has 1 unspecified atom stereocenters. The van der Waals surface area contributed by atoms with E-state index in [0.717, 1.165) is 61.8 Å². The maximum Gasteiger partial charge on any atom is 0.229 e. The summed E-state index contributed by atoms with van der Waals surface area (Å²) in [5, 5.41) is 11.4. The number of carbonyl (C=O) groups excluding carboxylic acids is 2. The lowest BCUT2D eigenvalue weighted by Crippen LogP contribution is -2.46. The number of benzene rings is 1. The Morgan fingerprint density at radius 3 is 2.29 bits per heavy atom. The van der Waals surface area contributed by atoms with Gasteiger partial charge in [0.15, 0.2) is 5.82 Å². The molecule has 34 heavy (non-hydrogen) atoms. The van der Waals surface area contributed by atoms with Crippen LogP contribution in [0.15, 0.2) is 36.4 Å². The van der Waals surface area contributed by atoms with Gasteiger partial charge in [-0.2, -0.15) is 5.10 Å².